The number of amides is 1. The molecule has 2 rings (SSSR count). The molecular formula is C13H21NO4. The molecule has 2 fully saturated rings. The van der Waals surface area contributed by atoms with Crippen molar-refractivity contribution in [3.63, 3.8) is 0 Å². The molecule has 0 aromatic heterocycles. The maximum absolute atomic E-state index is 12.2. The van der Waals surface area contributed by atoms with Crippen LogP contribution in [0.2, 0.25) is 0 Å². The molecule has 1 amide bonds. The summed E-state index contributed by atoms with van der Waals surface area (Å²) in [6.45, 7) is 3.07. The monoisotopic (exact) mass is 255 g/mol. The first-order chi connectivity index (χ1) is 8.49. The molecule has 2 unspecified atom stereocenters. The van der Waals surface area contributed by atoms with Gasteiger partial charge in [0.2, 0.25) is 5.91 Å². The summed E-state index contributed by atoms with van der Waals surface area (Å²) in [4.78, 5) is 24.8. The molecular weight excluding hydrogens is 234 g/mol. The van der Waals surface area contributed by atoms with Crippen LogP contribution in [0.3, 0.4) is 0 Å². The van der Waals surface area contributed by atoms with Gasteiger partial charge < -0.3 is 15.1 Å². The van der Waals surface area contributed by atoms with Gasteiger partial charge in [0.25, 0.3) is 0 Å². The predicted molar refractivity (Wildman–Crippen MR) is 64.8 cm³/mol. The lowest BCUT2D eigenvalue weighted by Crippen LogP contribution is -2.47. The fourth-order valence-corrected chi connectivity index (χ4v) is 2.94. The Kier molecular flexibility index (Phi) is 3.90. The number of carbonyl (C=O) groups excluding carboxylic acids is 1. The van der Waals surface area contributed by atoms with Crippen molar-refractivity contribution in [3.8, 4) is 0 Å². The van der Waals surface area contributed by atoms with Crippen molar-refractivity contribution in [1.29, 1.82) is 0 Å². The van der Waals surface area contributed by atoms with E-state index in [4.69, 9.17) is 5.11 Å². The van der Waals surface area contributed by atoms with E-state index in [-0.39, 0.29) is 23.7 Å². The van der Waals surface area contributed by atoms with Gasteiger partial charge in [-0.15, -0.1) is 0 Å². The highest BCUT2D eigenvalue weighted by molar-refractivity contribution is 5.81. The van der Waals surface area contributed by atoms with Gasteiger partial charge in [-0.1, -0.05) is 6.92 Å². The molecule has 0 radical (unpaired) electrons. The number of aliphatic hydroxyl groups excluding tert-OH is 1. The van der Waals surface area contributed by atoms with Crippen molar-refractivity contribution in [3.05, 3.63) is 0 Å². The number of likely N-dealkylation sites (tertiary alicyclic amines) is 1. The van der Waals surface area contributed by atoms with E-state index in [2.05, 4.69) is 0 Å². The van der Waals surface area contributed by atoms with Crippen LogP contribution in [0.1, 0.15) is 32.6 Å². The van der Waals surface area contributed by atoms with E-state index in [1.165, 1.54) is 0 Å². The molecule has 0 bridgehead atoms. The number of hydrogen-bond acceptors (Lipinski definition) is 3. The topological polar surface area (TPSA) is 77.8 Å². The molecule has 0 aromatic carbocycles. The number of carbonyl (C=O) groups is 2. The summed E-state index contributed by atoms with van der Waals surface area (Å²) in [7, 11) is 0. The van der Waals surface area contributed by atoms with Gasteiger partial charge in [0.05, 0.1) is 12.0 Å². The molecule has 0 aromatic rings. The second-order valence-electron chi connectivity index (χ2n) is 5.66. The molecule has 5 heteroatoms. The number of carboxylic acid groups (broad SMARTS) is 1. The van der Waals surface area contributed by atoms with Crippen molar-refractivity contribution in [2.45, 2.75) is 38.7 Å². The number of β-amino-alcohol motifs (C(OH)–C–C–N with tert-alkyl or cyclic N) is 1. The molecule has 2 aliphatic rings. The first-order valence-corrected chi connectivity index (χ1v) is 6.68. The lowest BCUT2D eigenvalue weighted by atomic mass is 9.94. The molecule has 1 saturated heterocycles. The van der Waals surface area contributed by atoms with E-state index in [0.717, 1.165) is 6.42 Å². The van der Waals surface area contributed by atoms with Gasteiger partial charge in [0.1, 0.15) is 0 Å². The minimum Gasteiger partial charge on any atom is -0.481 e. The zero-order valence-electron chi connectivity index (χ0n) is 10.7. The first-order valence-electron chi connectivity index (χ1n) is 6.68. The van der Waals surface area contributed by atoms with Crippen molar-refractivity contribution in [1.82, 2.24) is 4.90 Å². The summed E-state index contributed by atoms with van der Waals surface area (Å²) < 4.78 is 0. The van der Waals surface area contributed by atoms with Crippen LogP contribution in [0, 0.1) is 17.8 Å². The molecule has 18 heavy (non-hydrogen) atoms. The molecule has 0 spiro atoms. The Hall–Kier alpha value is -1.10. The number of aliphatic hydroxyl groups is 1. The van der Waals surface area contributed by atoms with Crippen LogP contribution in [0.4, 0.5) is 0 Å². The van der Waals surface area contributed by atoms with Gasteiger partial charge in [-0.25, -0.2) is 0 Å². The Morgan fingerprint density at radius 1 is 1.17 bits per heavy atom. The summed E-state index contributed by atoms with van der Waals surface area (Å²) in [5, 5.41) is 18.7. The van der Waals surface area contributed by atoms with Crippen molar-refractivity contribution in [2.24, 2.45) is 17.8 Å². The van der Waals surface area contributed by atoms with Crippen LogP contribution in [-0.4, -0.2) is 46.2 Å². The maximum atomic E-state index is 12.2. The fourth-order valence-electron chi connectivity index (χ4n) is 2.94. The van der Waals surface area contributed by atoms with Crippen LogP contribution < -0.4 is 0 Å². The first kappa shape index (κ1) is 13.3. The third kappa shape index (κ3) is 2.66. The van der Waals surface area contributed by atoms with Crippen LogP contribution >= 0.6 is 0 Å². The zero-order chi connectivity index (χ0) is 13.3. The largest absolute Gasteiger partial charge is 0.481 e. The molecule has 1 aliphatic carbocycles. The third-order valence-corrected chi connectivity index (χ3v) is 4.36. The third-order valence-electron chi connectivity index (χ3n) is 4.36. The van der Waals surface area contributed by atoms with Crippen LogP contribution in [0.5, 0.6) is 0 Å². The van der Waals surface area contributed by atoms with Gasteiger partial charge >= 0.3 is 5.97 Å². The maximum Gasteiger partial charge on any atom is 0.306 e. The van der Waals surface area contributed by atoms with Gasteiger partial charge in [-0.3, -0.25) is 9.59 Å². The Morgan fingerprint density at radius 3 is 2.39 bits per heavy atom. The SMILES string of the molecule is CC1CCN(C(=O)[C@@H]2CC[C@H](C(=O)O)C2)CC1O. The summed E-state index contributed by atoms with van der Waals surface area (Å²) in [5.74, 6) is -1.05. The Bertz CT molecular complexity index is 344. The molecule has 1 aliphatic heterocycles. The van der Waals surface area contributed by atoms with Crippen LogP contribution in [0.25, 0.3) is 0 Å². The number of hydrogen-bond donors (Lipinski definition) is 2. The van der Waals surface area contributed by atoms with E-state index in [1.807, 2.05) is 6.92 Å². The number of aliphatic carboxylic acids is 1. The Balaban J connectivity index is 1.90. The van der Waals surface area contributed by atoms with Crippen LogP contribution in [0.15, 0.2) is 0 Å². The number of carboxylic acids is 1. The minimum absolute atomic E-state index is 0.0321. The standard InChI is InChI=1S/C13H21NO4/c1-8-4-5-14(7-11(8)15)12(16)9-2-3-10(6-9)13(17)18/h8-11,15H,2-7H2,1H3,(H,17,18)/t8?,9-,10+,11?/m1/s1. The van der Waals surface area contributed by atoms with E-state index in [9.17, 15) is 14.7 Å². The molecule has 2 N–H and O–H groups in total. The van der Waals surface area contributed by atoms with Crippen LogP contribution in [-0.2, 0) is 9.59 Å². The van der Waals surface area contributed by atoms with Crippen molar-refractivity contribution in [2.75, 3.05) is 13.1 Å². The number of piperidine rings is 1. The van der Waals surface area contributed by atoms with Gasteiger partial charge in [-0.05, 0) is 31.6 Å². The highest BCUT2D eigenvalue weighted by Gasteiger charge is 2.37. The average Bonchev–Trinajstić information content (AvgIpc) is 2.81. The smallest absolute Gasteiger partial charge is 0.306 e. The molecule has 4 atom stereocenters. The lowest BCUT2D eigenvalue weighted by Gasteiger charge is -2.35. The quantitative estimate of drug-likeness (QED) is 0.762. The van der Waals surface area contributed by atoms with E-state index >= 15 is 0 Å². The highest BCUT2D eigenvalue weighted by atomic mass is 16.4. The fraction of sp³-hybridized carbons (Fsp3) is 0.846. The average molecular weight is 255 g/mol. The number of rotatable bonds is 2. The van der Waals surface area contributed by atoms with Gasteiger partial charge in [-0.2, -0.15) is 0 Å². The second kappa shape index (κ2) is 5.26. The molecule has 5 nitrogen and oxygen atoms in total. The normalized spacial score (nSPS) is 36.7. The molecule has 1 heterocycles. The molecule has 102 valence electrons. The van der Waals surface area contributed by atoms with Gasteiger partial charge in [0.15, 0.2) is 0 Å². The van der Waals surface area contributed by atoms with E-state index in [0.29, 0.717) is 32.4 Å². The summed E-state index contributed by atoms with van der Waals surface area (Å²) in [6.07, 6.45) is 2.09. The predicted octanol–water partition coefficient (Wildman–Crippen LogP) is 0.717. The summed E-state index contributed by atoms with van der Waals surface area (Å²) >= 11 is 0. The highest BCUT2D eigenvalue weighted by Crippen LogP contribution is 2.33. The Labute approximate surface area is 107 Å². The van der Waals surface area contributed by atoms with E-state index in [1.54, 1.807) is 4.90 Å². The summed E-state index contributed by atoms with van der Waals surface area (Å²) in [6, 6.07) is 0. The van der Waals surface area contributed by atoms with Gasteiger partial charge in [0, 0.05) is 19.0 Å². The minimum atomic E-state index is -0.794. The number of nitrogens with zero attached hydrogens (tertiary/aromatic N) is 1. The van der Waals surface area contributed by atoms with E-state index < -0.39 is 12.1 Å². The van der Waals surface area contributed by atoms with Crippen molar-refractivity contribution >= 4 is 11.9 Å². The zero-order valence-corrected chi connectivity index (χ0v) is 10.7. The van der Waals surface area contributed by atoms with Crippen molar-refractivity contribution < 1.29 is 19.8 Å². The Morgan fingerprint density at radius 2 is 1.83 bits per heavy atom. The molecule has 1 saturated carbocycles. The lowest BCUT2D eigenvalue weighted by molar-refractivity contribution is -0.142. The second-order valence-corrected chi connectivity index (χ2v) is 5.66. The summed E-state index contributed by atoms with van der Waals surface area (Å²) in [5.41, 5.74) is 0.